The average molecular weight is 245 g/mol. The summed E-state index contributed by atoms with van der Waals surface area (Å²) >= 11 is 0. The molecule has 2 aromatic rings. The molecule has 0 fully saturated rings. The normalized spacial score (nSPS) is 19.0. The van der Waals surface area contributed by atoms with Crippen LogP contribution in [0.15, 0.2) is 12.5 Å². The summed E-state index contributed by atoms with van der Waals surface area (Å²) in [6, 6.07) is 0.156. The van der Waals surface area contributed by atoms with Crippen LogP contribution in [-0.2, 0) is 13.0 Å². The molecule has 0 aromatic carbocycles. The molecule has 96 valence electrons. The molecule has 0 amide bonds. The van der Waals surface area contributed by atoms with Gasteiger partial charge >= 0.3 is 0 Å². The van der Waals surface area contributed by atoms with Crippen LogP contribution >= 0.6 is 0 Å². The van der Waals surface area contributed by atoms with Crippen LogP contribution in [0.25, 0.3) is 11.0 Å². The summed E-state index contributed by atoms with van der Waals surface area (Å²) in [4.78, 5) is 8.90. The van der Waals surface area contributed by atoms with Crippen LogP contribution in [0.4, 0.5) is 5.69 Å². The molecule has 0 saturated carbocycles. The van der Waals surface area contributed by atoms with Crippen molar-refractivity contribution in [2.45, 2.75) is 32.9 Å². The lowest BCUT2D eigenvalue weighted by Crippen LogP contribution is -2.36. The van der Waals surface area contributed by atoms with Gasteiger partial charge in [-0.2, -0.15) is 0 Å². The van der Waals surface area contributed by atoms with Crippen LogP contribution in [0.1, 0.15) is 19.5 Å². The van der Waals surface area contributed by atoms with Crippen LogP contribution in [-0.4, -0.2) is 27.1 Å². The number of pyridine rings is 1. The SMILES string of the molecule is CC(C)Cn1cnc2cnc3c(c21)NCC(N)C3. The highest BCUT2D eigenvalue weighted by molar-refractivity contribution is 5.89. The number of fused-ring (bicyclic) bond motifs is 3. The van der Waals surface area contributed by atoms with Gasteiger partial charge in [-0.15, -0.1) is 0 Å². The standard InChI is InChI=1S/C13H19N5/c1-8(2)6-18-7-17-11-5-15-10-3-9(14)4-16-12(10)13(11)18/h5,7-9,16H,3-4,6,14H2,1-2H3. The maximum atomic E-state index is 5.96. The second kappa shape index (κ2) is 4.24. The van der Waals surface area contributed by atoms with Crippen molar-refractivity contribution >= 4 is 16.7 Å². The minimum absolute atomic E-state index is 0.156. The number of imidazole rings is 1. The minimum atomic E-state index is 0.156. The van der Waals surface area contributed by atoms with E-state index in [1.165, 1.54) is 5.52 Å². The Hall–Kier alpha value is -1.62. The Morgan fingerprint density at radius 3 is 3.11 bits per heavy atom. The second-order valence-corrected chi connectivity index (χ2v) is 5.45. The fourth-order valence-corrected chi connectivity index (χ4v) is 2.53. The highest BCUT2D eigenvalue weighted by Crippen LogP contribution is 2.28. The first-order valence-electron chi connectivity index (χ1n) is 6.47. The Kier molecular flexibility index (Phi) is 2.70. The Morgan fingerprint density at radius 2 is 2.33 bits per heavy atom. The lowest BCUT2D eigenvalue weighted by molar-refractivity contribution is 0.532. The number of hydrogen-bond acceptors (Lipinski definition) is 4. The molecule has 18 heavy (non-hydrogen) atoms. The van der Waals surface area contributed by atoms with E-state index in [-0.39, 0.29) is 6.04 Å². The van der Waals surface area contributed by atoms with E-state index in [0.29, 0.717) is 5.92 Å². The van der Waals surface area contributed by atoms with E-state index in [0.717, 1.165) is 36.4 Å². The zero-order chi connectivity index (χ0) is 12.7. The molecule has 1 aliphatic heterocycles. The molecule has 5 nitrogen and oxygen atoms in total. The summed E-state index contributed by atoms with van der Waals surface area (Å²) in [5.41, 5.74) is 10.3. The molecular weight excluding hydrogens is 226 g/mol. The summed E-state index contributed by atoms with van der Waals surface area (Å²) in [6.45, 7) is 6.20. The highest BCUT2D eigenvalue weighted by Gasteiger charge is 2.20. The molecule has 3 heterocycles. The molecule has 0 spiro atoms. The van der Waals surface area contributed by atoms with Gasteiger partial charge in [0.25, 0.3) is 0 Å². The molecule has 0 aliphatic carbocycles. The van der Waals surface area contributed by atoms with Gasteiger partial charge < -0.3 is 15.6 Å². The van der Waals surface area contributed by atoms with Crippen molar-refractivity contribution in [3.63, 3.8) is 0 Å². The van der Waals surface area contributed by atoms with E-state index in [4.69, 9.17) is 5.73 Å². The van der Waals surface area contributed by atoms with Crippen molar-refractivity contribution < 1.29 is 0 Å². The van der Waals surface area contributed by atoms with Crippen molar-refractivity contribution in [2.75, 3.05) is 11.9 Å². The van der Waals surface area contributed by atoms with E-state index in [1.54, 1.807) is 0 Å². The van der Waals surface area contributed by atoms with Gasteiger partial charge in [0.1, 0.15) is 5.52 Å². The van der Waals surface area contributed by atoms with Crippen LogP contribution < -0.4 is 11.1 Å². The average Bonchev–Trinajstić information content (AvgIpc) is 2.71. The quantitative estimate of drug-likeness (QED) is 0.838. The summed E-state index contributed by atoms with van der Waals surface area (Å²) in [5, 5.41) is 3.41. The van der Waals surface area contributed by atoms with Gasteiger partial charge in [0, 0.05) is 25.6 Å². The summed E-state index contributed by atoms with van der Waals surface area (Å²) in [7, 11) is 0. The molecule has 0 bridgehead atoms. The topological polar surface area (TPSA) is 68.8 Å². The minimum Gasteiger partial charge on any atom is -0.380 e. The number of nitrogens with zero attached hydrogens (tertiary/aromatic N) is 3. The van der Waals surface area contributed by atoms with Crippen LogP contribution in [0.5, 0.6) is 0 Å². The Morgan fingerprint density at radius 1 is 1.50 bits per heavy atom. The number of nitrogens with one attached hydrogen (secondary N) is 1. The lowest BCUT2D eigenvalue weighted by Gasteiger charge is -2.23. The first-order chi connectivity index (χ1) is 8.65. The van der Waals surface area contributed by atoms with Crippen molar-refractivity contribution in [2.24, 2.45) is 11.7 Å². The third-order valence-corrected chi connectivity index (χ3v) is 3.29. The van der Waals surface area contributed by atoms with Gasteiger partial charge in [-0.05, 0) is 5.92 Å². The van der Waals surface area contributed by atoms with Gasteiger partial charge in [0.05, 0.1) is 29.4 Å². The number of hydrogen-bond donors (Lipinski definition) is 2. The van der Waals surface area contributed by atoms with Crippen molar-refractivity contribution in [3.05, 3.63) is 18.2 Å². The molecule has 0 radical (unpaired) electrons. The molecule has 1 aliphatic rings. The van der Waals surface area contributed by atoms with Crippen LogP contribution in [0, 0.1) is 5.92 Å². The number of rotatable bonds is 2. The van der Waals surface area contributed by atoms with Crippen molar-refractivity contribution in [1.82, 2.24) is 14.5 Å². The van der Waals surface area contributed by atoms with Crippen molar-refractivity contribution in [1.29, 1.82) is 0 Å². The third-order valence-electron chi connectivity index (χ3n) is 3.29. The van der Waals surface area contributed by atoms with Gasteiger partial charge in [0.15, 0.2) is 0 Å². The third kappa shape index (κ3) is 1.84. The van der Waals surface area contributed by atoms with Gasteiger partial charge in [-0.25, -0.2) is 4.98 Å². The molecular formula is C13H19N5. The summed E-state index contributed by atoms with van der Waals surface area (Å²) in [5.74, 6) is 0.595. The zero-order valence-corrected chi connectivity index (χ0v) is 10.8. The monoisotopic (exact) mass is 245 g/mol. The fraction of sp³-hybridized carbons (Fsp3) is 0.538. The zero-order valence-electron chi connectivity index (χ0n) is 10.8. The predicted molar refractivity (Wildman–Crippen MR) is 72.5 cm³/mol. The van der Waals surface area contributed by atoms with E-state index < -0.39 is 0 Å². The van der Waals surface area contributed by atoms with E-state index in [2.05, 4.69) is 33.7 Å². The second-order valence-electron chi connectivity index (χ2n) is 5.45. The first-order valence-corrected chi connectivity index (χ1v) is 6.47. The van der Waals surface area contributed by atoms with Crippen molar-refractivity contribution in [3.8, 4) is 0 Å². The predicted octanol–water partition coefficient (Wildman–Crippen LogP) is 1.38. The number of aromatic nitrogens is 3. The van der Waals surface area contributed by atoms with Crippen LogP contribution in [0.2, 0.25) is 0 Å². The molecule has 3 N–H and O–H groups in total. The van der Waals surface area contributed by atoms with E-state index >= 15 is 0 Å². The molecule has 2 aromatic heterocycles. The molecule has 0 saturated heterocycles. The number of nitrogens with two attached hydrogens (primary N) is 1. The Bertz CT molecular complexity index is 572. The fourth-order valence-electron chi connectivity index (χ4n) is 2.53. The molecule has 3 rings (SSSR count). The maximum absolute atomic E-state index is 5.96. The Balaban J connectivity index is 2.14. The summed E-state index contributed by atoms with van der Waals surface area (Å²) in [6.07, 6.45) is 4.60. The largest absolute Gasteiger partial charge is 0.380 e. The number of anilines is 1. The maximum Gasteiger partial charge on any atom is 0.109 e. The van der Waals surface area contributed by atoms with E-state index in [1.807, 2.05) is 12.5 Å². The van der Waals surface area contributed by atoms with E-state index in [9.17, 15) is 0 Å². The summed E-state index contributed by atoms with van der Waals surface area (Å²) < 4.78 is 2.21. The highest BCUT2D eigenvalue weighted by atomic mass is 15.1. The lowest BCUT2D eigenvalue weighted by atomic mass is 10.0. The molecule has 1 unspecified atom stereocenters. The van der Waals surface area contributed by atoms with Gasteiger partial charge in [-0.3, -0.25) is 4.98 Å². The van der Waals surface area contributed by atoms with Crippen LogP contribution in [0.3, 0.4) is 0 Å². The first kappa shape index (κ1) is 11.5. The van der Waals surface area contributed by atoms with Gasteiger partial charge in [-0.1, -0.05) is 13.8 Å². The molecule has 5 heteroatoms. The Labute approximate surface area is 106 Å². The van der Waals surface area contributed by atoms with Gasteiger partial charge in [0.2, 0.25) is 0 Å². The smallest absolute Gasteiger partial charge is 0.109 e. The molecule has 1 atom stereocenters.